The molecule has 0 saturated heterocycles. The zero-order valence-electron chi connectivity index (χ0n) is 6.80. The summed E-state index contributed by atoms with van der Waals surface area (Å²) in [5.74, 6) is 0. The molecule has 2 rings (SSSR count). The summed E-state index contributed by atoms with van der Waals surface area (Å²) >= 11 is 10.6. The zero-order chi connectivity index (χ0) is 9.42. The van der Waals surface area contributed by atoms with Crippen LogP contribution >= 0.6 is 54.5 Å². The highest BCUT2D eigenvalue weighted by molar-refractivity contribution is 9.10. The van der Waals surface area contributed by atoms with Gasteiger partial charge in [0.25, 0.3) is 0 Å². The summed E-state index contributed by atoms with van der Waals surface area (Å²) in [5.41, 5.74) is 0. The van der Waals surface area contributed by atoms with Crippen LogP contribution in [0.2, 0.25) is 0 Å². The van der Waals surface area contributed by atoms with E-state index in [4.69, 9.17) is 0 Å². The molecule has 2 aromatic rings. The molecule has 0 radical (unpaired) electrons. The standard InChI is InChI=1S/C9H6Br2S2/c1-5-7(11)3-9(13-5)8-2-6(10)4-12-8/h2-4H,1H3. The van der Waals surface area contributed by atoms with Crippen LogP contribution in [0, 0.1) is 6.92 Å². The van der Waals surface area contributed by atoms with E-state index >= 15 is 0 Å². The van der Waals surface area contributed by atoms with Crippen molar-refractivity contribution in [2.24, 2.45) is 0 Å². The third-order valence-corrected chi connectivity index (χ3v) is 5.69. The molecule has 0 spiro atoms. The number of aryl methyl sites for hydroxylation is 1. The van der Waals surface area contributed by atoms with Gasteiger partial charge >= 0.3 is 0 Å². The Morgan fingerprint density at radius 3 is 2.38 bits per heavy atom. The Hall–Kier alpha value is 0.360. The Balaban J connectivity index is 2.46. The highest BCUT2D eigenvalue weighted by Gasteiger charge is 2.06. The Bertz CT molecular complexity index is 409. The molecule has 4 heteroatoms. The normalized spacial score (nSPS) is 10.7. The largest absolute Gasteiger partial charge is 0.142 e. The second-order valence-electron chi connectivity index (χ2n) is 2.64. The van der Waals surface area contributed by atoms with Gasteiger partial charge < -0.3 is 0 Å². The van der Waals surface area contributed by atoms with Crippen molar-refractivity contribution in [1.82, 2.24) is 0 Å². The van der Waals surface area contributed by atoms with Gasteiger partial charge in [-0.15, -0.1) is 22.7 Å². The Morgan fingerprint density at radius 2 is 1.92 bits per heavy atom. The van der Waals surface area contributed by atoms with E-state index in [0.29, 0.717) is 0 Å². The lowest BCUT2D eigenvalue weighted by Crippen LogP contribution is -1.57. The fourth-order valence-electron chi connectivity index (χ4n) is 1.02. The first-order chi connectivity index (χ1) is 6.16. The summed E-state index contributed by atoms with van der Waals surface area (Å²) in [5, 5.41) is 2.11. The molecule has 0 unspecified atom stereocenters. The quantitative estimate of drug-likeness (QED) is 0.661. The van der Waals surface area contributed by atoms with E-state index in [0.717, 1.165) is 4.47 Å². The predicted molar refractivity (Wildman–Crippen MR) is 67.8 cm³/mol. The van der Waals surface area contributed by atoms with Crippen molar-refractivity contribution in [2.45, 2.75) is 6.92 Å². The summed E-state index contributed by atoms with van der Waals surface area (Å²) in [6.45, 7) is 2.13. The Morgan fingerprint density at radius 1 is 1.15 bits per heavy atom. The molecule has 0 amide bonds. The first-order valence-corrected chi connectivity index (χ1v) is 6.95. The van der Waals surface area contributed by atoms with Crippen molar-refractivity contribution in [3.63, 3.8) is 0 Å². The van der Waals surface area contributed by atoms with E-state index in [1.807, 2.05) is 11.3 Å². The minimum Gasteiger partial charge on any atom is -0.142 e. The van der Waals surface area contributed by atoms with Crippen LogP contribution in [0.4, 0.5) is 0 Å². The molecule has 0 aliphatic heterocycles. The van der Waals surface area contributed by atoms with Crippen LogP contribution < -0.4 is 0 Å². The lowest BCUT2D eigenvalue weighted by molar-refractivity contribution is 1.59. The topological polar surface area (TPSA) is 0 Å². The lowest BCUT2D eigenvalue weighted by atomic mass is 10.4. The molecule has 0 aliphatic rings. The van der Waals surface area contributed by atoms with Gasteiger partial charge in [-0.25, -0.2) is 0 Å². The van der Waals surface area contributed by atoms with Gasteiger partial charge in [0.05, 0.1) is 0 Å². The maximum absolute atomic E-state index is 3.52. The molecule has 0 N–H and O–H groups in total. The molecule has 0 fully saturated rings. The highest BCUT2D eigenvalue weighted by Crippen LogP contribution is 2.38. The van der Waals surface area contributed by atoms with Crippen LogP contribution in [0.15, 0.2) is 26.5 Å². The monoisotopic (exact) mass is 336 g/mol. The van der Waals surface area contributed by atoms with Gasteiger partial charge in [-0.3, -0.25) is 0 Å². The van der Waals surface area contributed by atoms with Gasteiger partial charge in [0, 0.05) is 29.0 Å². The van der Waals surface area contributed by atoms with Gasteiger partial charge in [0.2, 0.25) is 0 Å². The maximum Gasteiger partial charge on any atom is 0.0457 e. The molecule has 2 aromatic heterocycles. The molecule has 2 heterocycles. The van der Waals surface area contributed by atoms with E-state index in [1.54, 1.807) is 11.3 Å². The van der Waals surface area contributed by atoms with Crippen LogP contribution in [0.5, 0.6) is 0 Å². The van der Waals surface area contributed by atoms with E-state index in [1.165, 1.54) is 19.1 Å². The van der Waals surface area contributed by atoms with Gasteiger partial charge in [0.1, 0.15) is 0 Å². The molecule has 0 atom stereocenters. The molecule has 68 valence electrons. The van der Waals surface area contributed by atoms with E-state index < -0.39 is 0 Å². The number of hydrogen-bond acceptors (Lipinski definition) is 2. The van der Waals surface area contributed by atoms with Crippen molar-refractivity contribution in [2.75, 3.05) is 0 Å². The summed E-state index contributed by atoms with van der Waals surface area (Å²) < 4.78 is 2.37. The molecule has 0 aliphatic carbocycles. The van der Waals surface area contributed by atoms with Crippen molar-refractivity contribution < 1.29 is 0 Å². The third kappa shape index (κ3) is 2.06. The van der Waals surface area contributed by atoms with E-state index in [-0.39, 0.29) is 0 Å². The number of rotatable bonds is 1. The highest BCUT2D eigenvalue weighted by atomic mass is 79.9. The summed E-state index contributed by atoms with van der Waals surface area (Å²) in [6, 6.07) is 4.33. The summed E-state index contributed by atoms with van der Waals surface area (Å²) in [6.07, 6.45) is 0. The zero-order valence-corrected chi connectivity index (χ0v) is 11.6. The fraction of sp³-hybridized carbons (Fsp3) is 0.111. The maximum atomic E-state index is 3.52. The van der Waals surface area contributed by atoms with Crippen LogP contribution in [0.1, 0.15) is 4.88 Å². The molecule has 13 heavy (non-hydrogen) atoms. The van der Waals surface area contributed by atoms with Crippen LogP contribution in [-0.4, -0.2) is 0 Å². The molecule has 0 nitrogen and oxygen atoms in total. The molecule has 0 saturated carbocycles. The Labute approximate surface area is 102 Å². The SMILES string of the molecule is Cc1sc(-c2cc(Br)cs2)cc1Br. The second-order valence-corrected chi connectivity index (χ2v) is 6.58. The summed E-state index contributed by atoms with van der Waals surface area (Å²) in [7, 11) is 0. The van der Waals surface area contributed by atoms with Crippen molar-refractivity contribution >= 4 is 54.5 Å². The van der Waals surface area contributed by atoms with Crippen molar-refractivity contribution in [1.29, 1.82) is 0 Å². The lowest BCUT2D eigenvalue weighted by Gasteiger charge is -1.86. The fourth-order valence-corrected chi connectivity index (χ4v) is 4.08. The first kappa shape index (κ1) is 9.90. The molecule has 0 bridgehead atoms. The van der Waals surface area contributed by atoms with Crippen LogP contribution in [0.3, 0.4) is 0 Å². The van der Waals surface area contributed by atoms with E-state index in [9.17, 15) is 0 Å². The predicted octanol–water partition coefficient (Wildman–Crippen LogP) is 5.31. The van der Waals surface area contributed by atoms with E-state index in [2.05, 4.69) is 56.3 Å². The average Bonchev–Trinajstić information content (AvgIpc) is 2.61. The number of thiophene rings is 2. The minimum absolute atomic E-state index is 1.16. The summed E-state index contributed by atoms with van der Waals surface area (Å²) in [4.78, 5) is 3.99. The third-order valence-electron chi connectivity index (χ3n) is 1.67. The smallest absolute Gasteiger partial charge is 0.0457 e. The Kier molecular flexibility index (Phi) is 2.93. The number of hydrogen-bond donors (Lipinski definition) is 0. The van der Waals surface area contributed by atoms with Crippen molar-refractivity contribution in [3.8, 4) is 9.75 Å². The second kappa shape index (κ2) is 3.85. The van der Waals surface area contributed by atoms with Gasteiger partial charge in [-0.05, 0) is 50.9 Å². The first-order valence-electron chi connectivity index (χ1n) is 3.67. The minimum atomic E-state index is 1.16. The van der Waals surface area contributed by atoms with Gasteiger partial charge in [-0.1, -0.05) is 0 Å². The average molecular weight is 338 g/mol. The van der Waals surface area contributed by atoms with Crippen molar-refractivity contribution in [3.05, 3.63) is 31.3 Å². The van der Waals surface area contributed by atoms with Crippen LogP contribution in [-0.2, 0) is 0 Å². The molecular formula is C9H6Br2S2. The molecular weight excluding hydrogens is 332 g/mol. The van der Waals surface area contributed by atoms with Crippen LogP contribution in [0.25, 0.3) is 9.75 Å². The number of halogens is 2. The molecule has 0 aromatic carbocycles. The van der Waals surface area contributed by atoms with Gasteiger partial charge in [0.15, 0.2) is 0 Å². The van der Waals surface area contributed by atoms with Gasteiger partial charge in [-0.2, -0.15) is 0 Å².